The summed E-state index contributed by atoms with van der Waals surface area (Å²) in [6, 6.07) is 14.4. The summed E-state index contributed by atoms with van der Waals surface area (Å²) in [6.07, 6.45) is 3.58. The van der Waals surface area contributed by atoms with E-state index >= 15 is 0 Å². The van der Waals surface area contributed by atoms with Crippen LogP contribution in [0.4, 0.5) is 0 Å². The molecular weight excluding hydrogens is 414 g/mol. The van der Waals surface area contributed by atoms with E-state index in [9.17, 15) is 9.90 Å². The molecule has 0 bridgehead atoms. The topological polar surface area (TPSA) is 65.0 Å². The number of hydrogen-bond acceptors (Lipinski definition) is 5. The molecule has 1 fully saturated rings. The Hall–Kier alpha value is -2.41. The highest BCUT2D eigenvalue weighted by Gasteiger charge is 2.27. The predicted molar refractivity (Wildman–Crippen MR) is 129 cm³/mol. The van der Waals surface area contributed by atoms with Crippen LogP contribution >= 0.6 is 0 Å². The first-order chi connectivity index (χ1) is 16.2. The lowest BCUT2D eigenvalue weighted by Crippen LogP contribution is -2.46. The summed E-state index contributed by atoms with van der Waals surface area (Å²) in [5.74, 6) is 1.48. The first kappa shape index (κ1) is 22.4. The van der Waals surface area contributed by atoms with E-state index in [1.165, 1.54) is 11.1 Å². The average Bonchev–Trinajstić information content (AvgIpc) is 2.85. The van der Waals surface area contributed by atoms with Crippen molar-refractivity contribution in [3.05, 3.63) is 64.7 Å². The number of fused-ring (bicyclic) bond motifs is 2. The van der Waals surface area contributed by atoms with Crippen molar-refractivity contribution >= 4 is 5.91 Å². The molecule has 0 unspecified atom stereocenters. The van der Waals surface area contributed by atoms with Crippen LogP contribution in [0.15, 0.2) is 42.5 Å². The molecule has 0 spiro atoms. The number of aliphatic hydroxyl groups excluding tert-OH is 1. The maximum absolute atomic E-state index is 13.1. The van der Waals surface area contributed by atoms with Gasteiger partial charge in [-0.2, -0.15) is 0 Å². The van der Waals surface area contributed by atoms with Crippen LogP contribution in [0, 0.1) is 5.92 Å². The van der Waals surface area contributed by atoms with Gasteiger partial charge in [0.05, 0.1) is 12.7 Å². The molecule has 33 heavy (non-hydrogen) atoms. The SMILES string of the molecule is O=C1c2ccc(OCC3CCNCC3)cc2CCN1C[C@H](O)CN1CCc2ccccc2C1. The van der Waals surface area contributed by atoms with Gasteiger partial charge < -0.3 is 20.1 Å². The minimum atomic E-state index is -0.548. The molecule has 0 saturated carbocycles. The molecule has 5 rings (SSSR count). The molecule has 2 aromatic rings. The molecule has 3 aliphatic rings. The van der Waals surface area contributed by atoms with Crippen molar-refractivity contribution in [3.8, 4) is 5.75 Å². The highest BCUT2D eigenvalue weighted by molar-refractivity contribution is 5.97. The van der Waals surface area contributed by atoms with Crippen molar-refractivity contribution in [1.29, 1.82) is 0 Å². The van der Waals surface area contributed by atoms with Crippen LogP contribution in [-0.2, 0) is 19.4 Å². The number of benzene rings is 2. The van der Waals surface area contributed by atoms with E-state index in [4.69, 9.17) is 4.74 Å². The third-order valence-electron chi connectivity index (χ3n) is 7.30. The summed E-state index contributed by atoms with van der Waals surface area (Å²) in [4.78, 5) is 17.2. The van der Waals surface area contributed by atoms with Crippen LogP contribution in [0.1, 0.15) is 39.9 Å². The number of nitrogens with zero attached hydrogens (tertiary/aromatic N) is 2. The summed E-state index contributed by atoms with van der Waals surface area (Å²) in [7, 11) is 0. The van der Waals surface area contributed by atoms with E-state index < -0.39 is 6.10 Å². The number of nitrogens with one attached hydrogen (secondary N) is 1. The number of ether oxygens (including phenoxy) is 1. The Morgan fingerprint density at radius 3 is 2.64 bits per heavy atom. The molecule has 0 radical (unpaired) electrons. The number of hydrogen-bond donors (Lipinski definition) is 2. The second-order valence-corrected chi connectivity index (χ2v) is 9.73. The lowest BCUT2D eigenvalue weighted by Gasteiger charge is -2.34. The Kier molecular flexibility index (Phi) is 6.95. The van der Waals surface area contributed by atoms with Crippen molar-refractivity contribution in [2.45, 2.75) is 38.3 Å². The number of rotatable bonds is 7. The molecule has 176 valence electrons. The van der Waals surface area contributed by atoms with Crippen LogP contribution in [0.3, 0.4) is 0 Å². The summed E-state index contributed by atoms with van der Waals surface area (Å²) >= 11 is 0. The molecule has 3 heterocycles. The zero-order valence-corrected chi connectivity index (χ0v) is 19.3. The number of carbonyl (C=O) groups excluding carboxylic acids is 1. The normalized spacial score (nSPS) is 20.3. The van der Waals surface area contributed by atoms with Gasteiger partial charge in [-0.15, -0.1) is 0 Å². The van der Waals surface area contributed by atoms with E-state index in [2.05, 4.69) is 34.5 Å². The van der Waals surface area contributed by atoms with Gasteiger partial charge in [0.2, 0.25) is 0 Å². The molecule has 0 aromatic heterocycles. The fraction of sp³-hybridized carbons (Fsp3) is 0.519. The number of β-amino-alcohol motifs (C(OH)–C–C–N with tert-alkyl or cyclic N) is 1. The Morgan fingerprint density at radius 1 is 1.00 bits per heavy atom. The van der Waals surface area contributed by atoms with Crippen LogP contribution in [0.2, 0.25) is 0 Å². The van der Waals surface area contributed by atoms with Crippen LogP contribution in [-0.4, -0.2) is 72.8 Å². The van der Waals surface area contributed by atoms with Gasteiger partial charge in [-0.3, -0.25) is 9.69 Å². The smallest absolute Gasteiger partial charge is 0.254 e. The fourth-order valence-corrected chi connectivity index (χ4v) is 5.36. The minimum Gasteiger partial charge on any atom is -0.493 e. The van der Waals surface area contributed by atoms with Gasteiger partial charge >= 0.3 is 0 Å². The van der Waals surface area contributed by atoms with E-state index in [0.29, 0.717) is 25.6 Å². The summed E-state index contributed by atoms with van der Waals surface area (Å²) in [5, 5.41) is 14.1. The molecular formula is C27H35N3O3. The highest BCUT2D eigenvalue weighted by atomic mass is 16.5. The first-order valence-electron chi connectivity index (χ1n) is 12.4. The zero-order valence-electron chi connectivity index (χ0n) is 19.3. The standard InChI is InChI=1S/C27H35N3O3/c31-24(17-29-13-9-21-3-1-2-4-23(21)16-29)18-30-14-10-22-15-25(5-6-26(22)27(30)32)33-19-20-7-11-28-12-8-20/h1-6,15,20,24,28,31H,7-14,16-19H2/t24-/m1/s1. The molecule has 3 aliphatic heterocycles. The first-order valence-corrected chi connectivity index (χ1v) is 12.4. The van der Waals surface area contributed by atoms with Crippen molar-refractivity contribution in [1.82, 2.24) is 15.1 Å². The summed E-state index contributed by atoms with van der Waals surface area (Å²) < 4.78 is 6.05. The summed E-state index contributed by atoms with van der Waals surface area (Å²) in [5.41, 5.74) is 4.55. The monoisotopic (exact) mass is 449 g/mol. The van der Waals surface area contributed by atoms with Crippen molar-refractivity contribution < 1.29 is 14.6 Å². The molecule has 0 aliphatic carbocycles. The molecule has 6 nitrogen and oxygen atoms in total. The molecule has 2 N–H and O–H groups in total. The largest absolute Gasteiger partial charge is 0.493 e. The van der Waals surface area contributed by atoms with Gasteiger partial charge in [0, 0.05) is 38.3 Å². The van der Waals surface area contributed by atoms with E-state index in [1.807, 2.05) is 18.2 Å². The molecule has 2 aromatic carbocycles. The van der Waals surface area contributed by atoms with Gasteiger partial charge in [0.25, 0.3) is 5.91 Å². The van der Waals surface area contributed by atoms with Crippen LogP contribution < -0.4 is 10.1 Å². The number of piperidine rings is 1. The third-order valence-corrected chi connectivity index (χ3v) is 7.30. The second-order valence-electron chi connectivity index (χ2n) is 9.73. The van der Waals surface area contributed by atoms with Crippen molar-refractivity contribution in [3.63, 3.8) is 0 Å². The Balaban J connectivity index is 1.14. The Labute approximate surface area is 196 Å². The van der Waals surface area contributed by atoms with Crippen molar-refractivity contribution in [2.24, 2.45) is 5.92 Å². The maximum Gasteiger partial charge on any atom is 0.254 e. The Bertz CT molecular complexity index is 973. The highest BCUT2D eigenvalue weighted by Crippen LogP contribution is 2.25. The van der Waals surface area contributed by atoms with E-state index in [1.54, 1.807) is 4.90 Å². The second kappa shape index (κ2) is 10.2. The maximum atomic E-state index is 13.1. The van der Waals surface area contributed by atoms with E-state index in [0.717, 1.165) is 75.3 Å². The van der Waals surface area contributed by atoms with Gasteiger partial charge in [0.1, 0.15) is 5.75 Å². The summed E-state index contributed by atoms with van der Waals surface area (Å²) in [6.45, 7) is 6.31. The number of amides is 1. The quantitative estimate of drug-likeness (QED) is 0.680. The molecule has 1 amide bonds. The zero-order chi connectivity index (χ0) is 22.6. The molecule has 1 saturated heterocycles. The van der Waals surface area contributed by atoms with Gasteiger partial charge in [-0.25, -0.2) is 0 Å². The van der Waals surface area contributed by atoms with Gasteiger partial charge in [0.15, 0.2) is 0 Å². The molecule has 6 heteroatoms. The lowest BCUT2D eigenvalue weighted by atomic mass is 9.97. The molecule has 1 atom stereocenters. The third kappa shape index (κ3) is 5.40. The fourth-order valence-electron chi connectivity index (χ4n) is 5.36. The van der Waals surface area contributed by atoms with Crippen LogP contribution in [0.25, 0.3) is 0 Å². The van der Waals surface area contributed by atoms with Gasteiger partial charge in [-0.05, 0) is 79.6 Å². The lowest BCUT2D eigenvalue weighted by molar-refractivity contribution is 0.0492. The number of aliphatic hydroxyl groups is 1. The number of carbonyl (C=O) groups is 1. The average molecular weight is 450 g/mol. The van der Waals surface area contributed by atoms with E-state index in [-0.39, 0.29) is 5.91 Å². The minimum absolute atomic E-state index is 0.0178. The van der Waals surface area contributed by atoms with Crippen molar-refractivity contribution in [2.75, 3.05) is 45.9 Å². The van der Waals surface area contributed by atoms with Gasteiger partial charge in [-0.1, -0.05) is 24.3 Å². The van der Waals surface area contributed by atoms with Crippen LogP contribution in [0.5, 0.6) is 5.75 Å². The Morgan fingerprint density at radius 2 is 1.79 bits per heavy atom. The predicted octanol–water partition coefficient (Wildman–Crippen LogP) is 2.48.